The van der Waals surface area contributed by atoms with Crippen LogP contribution in [0.25, 0.3) is 0 Å². The van der Waals surface area contributed by atoms with Gasteiger partial charge in [-0.3, -0.25) is 4.79 Å². The molecular formula is C12H22N2O. The molecule has 2 heterocycles. The van der Waals surface area contributed by atoms with Crippen LogP contribution in [0, 0.1) is 5.92 Å². The molecule has 15 heavy (non-hydrogen) atoms. The Hall–Kier alpha value is -0.570. The molecule has 0 spiro atoms. The number of rotatable bonds is 1. The van der Waals surface area contributed by atoms with Gasteiger partial charge in [0.25, 0.3) is 0 Å². The average Bonchev–Trinajstić information content (AvgIpc) is 2.43. The number of hydrogen-bond acceptors (Lipinski definition) is 2. The second-order valence-corrected chi connectivity index (χ2v) is 5.00. The molecular weight excluding hydrogens is 188 g/mol. The second-order valence-electron chi connectivity index (χ2n) is 5.00. The zero-order valence-electron chi connectivity index (χ0n) is 9.67. The molecule has 0 aromatic carbocycles. The average molecular weight is 210 g/mol. The maximum absolute atomic E-state index is 12.0. The first-order valence-electron chi connectivity index (χ1n) is 6.27. The Bertz CT molecular complexity index is 224. The zero-order valence-corrected chi connectivity index (χ0v) is 9.67. The Balaban J connectivity index is 1.96. The summed E-state index contributed by atoms with van der Waals surface area (Å²) in [5, 5.41) is 3.36. The van der Waals surface area contributed by atoms with E-state index in [1.807, 2.05) is 0 Å². The number of nitrogens with zero attached hydrogens (tertiary/aromatic N) is 1. The summed E-state index contributed by atoms with van der Waals surface area (Å²) in [5.41, 5.74) is 0. The Morgan fingerprint density at radius 3 is 2.67 bits per heavy atom. The maximum atomic E-state index is 12.0. The van der Waals surface area contributed by atoms with E-state index in [0.29, 0.717) is 11.9 Å². The van der Waals surface area contributed by atoms with Gasteiger partial charge in [-0.05, 0) is 44.7 Å². The third-order valence-electron chi connectivity index (χ3n) is 3.78. The molecule has 0 bridgehead atoms. The van der Waals surface area contributed by atoms with E-state index in [-0.39, 0.29) is 0 Å². The zero-order chi connectivity index (χ0) is 10.7. The van der Waals surface area contributed by atoms with Crippen molar-refractivity contribution < 1.29 is 4.79 Å². The van der Waals surface area contributed by atoms with Crippen LogP contribution in [0.4, 0.5) is 0 Å². The van der Waals surface area contributed by atoms with E-state index >= 15 is 0 Å². The van der Waals surface area contributed by atoms with Crippen LogP contribution < -0.4 is 5.32 Å². The summed E-state index contributed by atoms with van der Waals surface area (Å²) in [5.74, 6) is 1.12. The van der Waals surface area contributed by atoms with Gasteiger partial charge in [-0.2, -0.15) is 0 Å². The van der Waals surface area contributed by atoms with Gasteiger partial charge in [0.1, 0.15) is 0 Å². The molecule has 2 saturated heterocycles. The Morgan fingerprint density at radius 1 is 1.20 bits per heavy atom. The topological polar surface area (TPSA) is 32.3 Å². The number of amides is 1. The van der Waals surface area contributed by atoms with Crippen molar-refractivity contribution in [3.05, 3.63) is 0 Å². The number of hydrogen-bond donors (Lipinski definition) is 1. The number of piperidine rings is 1. The first-order chi connectivity index (χ1) is 7.27. The van der Waals surface area contributed by atoms with Gasteiger partial charge in [0, 0.05) is 19.0 Å². The van der Waals surface area contributed by atoms with E-state index in [1.54, 1.807) is 0 Å². The molecule has 2 aliphatic rings. The van der Waals surface area contributed by atoms with E-state index in [2.05, 4.69) is 17.1 Å². The molecule has 1 atom stereocenters. The largest absolute Gasteiger partial charge is 0.340 e. The number of nitrogens with one attached hydrogen (secondary N) is 1. The number of likely N-dealkylation sites (tertiary alicyclic amines) is 1. The molecule has 0 aromatic heterocycles. The predicted octanol–water partition coefficient (Wildman–Crippen LogP) is 1.39. The molecule has 2 aliphatic heterocycles. The predicted molar refractivity (Wildman–Crippen MR) is 60.6 cm³/mol. The van der Waals surface area contributed by atoms with Gasteiger partial charge in [-0.1, -0.05) is 6.92 Å². The molecule has 0 radical (unpaired) electrons. The Kier molecular flexibility index (Phi) is 3.62. The first-order valence-corrected chi connectivity index (χ1v) is 6.27. The van der Waals surface area contributed by atoms with Gasteiger partial charge >= 0.3 is 0 Å². The highest BCUT2D eigenvalue weighted by Crippen LogP contribution is 2.22. The van der Waals surface area contributed by atoms with Crippen molar-refractivity contribution in [3.63, 3.8) is 0 Å². The lowest BCUT2D eigenvalue weighted by Crippen LogP contribution is -2.45. The molecule has 86 valence electrons. The van der Waals surface area contributed by atoms with Crippen molar-refractivity contribution >= 4 is 5.91 Å². The van der Waals surface area contributed by atoms with Crippen LogP contribution in [0.2, 0.25) is 0 Å². The monoisotopic (exact) mass is 210 g/mol. The summed E-state index contributed by atoms with van der Waals surface area (Å²) >= 11 is 0. The maximum Gasteiger partial charge on any atom is 0.222 e. The van der Waals surface area contributed by atoms with Crippen LogP contribution in [-0.2, 0) is 4.79 Å². The molecule has 1 amide bonds. The van der Waals surface area contributed by atoms with Gasteiger partial charge in [0.05, 0.1) is 0 Å². The van der Waals surface area contributed by atoms with E-state index in [9.17, 15) is 4.79 Å². The highest BCUT2D eigenvalue weighted by molar-refractivity contribution is 5.76. The Labute approximate surface area is 92.2 Å². The number of carbonyl (C=O) groups excluding carboxylic acids is 1. The van der Waals surface area contributed by atoms with E-state index in [0.717, 1.165) is 51.2 Å². The van der Waals surface area contributed by atoms with Crippen LogP contribution in [0.1, 0.15) is 39.0 Å². The SMILES string of the molecule is CC1CCC(=O)N(C2CCNCC2)CC1. The van der Waals surface area contributed by atoms with Gasteiger partial charge < -0.3 is 10.2 Å². The van der Waals surface area contributed by atoms with E-state index in [1.165, 1.54) is 6.42 Å². The molecule has 1 unspecified atom stereocenters. The van der Waals surface area contributed by atoms with Gasteiger partial charge in [-0.25, -0.2) is 0 Å². The molecule has 2 fully saturated rings. The standard InChI is InChI=1S/C12H22N2O/c1-10-2-3-12(15)14(9-6-10)11-4-7-13-8-5-11/h10-11,13H,2-9H2,1H3. The van der Waals surface area contributed by atoms with Crippen molar-refractivity contribution in [2.75, 3.05) is 19.6 Å². The van der Waals surface area contributed by atoms with Crippen LogP contribution in [0.15, 0.2) is 0 Å². The lowest BCUT2D eigenvalue weighted by Gasteiger charge is -2.34. The van der Waals surface area contributed by atoms with Gasteiger partial charge in [0.2, 0.25) is 5.91 Å². The van der Waals surface area contributed by atoms with Crippen LogP contribution in [0.5, 0.6) is 0 Å². The highest BCUT2D eigenvalue weighted by Gasteiger charge is 2.27. The van der Waals surface area contributed by atoms with Crippen molar-refractivity contribution in [2.24, 2.45) is 5.92 Å². The third kappa shape index (κ3) is 2.71. The van der Waals surface area contributed by atoms with E-state index in [4.69, 9.17) is 0 Å². The summed E-state index contributed by atoms with van der Waals surface area (Å²) in [7, 11) is 0. The van der Waals surface area contributed by atoms with Crippen molar-refractivity contribution in [1.82, 2.24) is 10.2 Å². The minimum atomic E-state index is 0.395. The molecule has 0 saturated carbocycles. The summed E-state index contributed by atoms with van der Waals surface area (Å²) in [4.78, 5) is 14.1. The highest BCUT2D eigenvalue weighted by atomic mass is 16.2. The number of carbonyl (C=O) groups is 1. The fourth-order valence-electron chi connectivity index (χ4n) is 2.65. The molecule has 1 N–H and O–H groups in total. The van der Waals surface area contributed by atoms with Crippen LogP contribution in [-0.4, -0.2) is 36.5 Å². The minimum Gasteiger partial charge on any atom is -0.340 e. The van der Waals surface area contributed by atoms with Crippen molar-refractivity contribution in [3.8, 4) is 0 Å². The fourth-order valence-corrected chi connectivity index (χ4v) is 2.65. The third-order valence-corrected chi connectivity index (χ3v) is 3.78. The smallest absolute Gasteiger partial charge is 0.222 e. The fraction of sp³-hybridized carbons (Fsp3) is 0.917. The van der Waals surface area contributed by atoms with Crippen LogP contribution >= 0.6 is 0 Å². The normalized spacial score (nSPS) is 30.3. The van der Waals surface area contributed by atoms with Crippen molar-refractivity contribution in [2.45, 2.75) is 45.1 Å². The van der Waals surface area contributed by atoms with Crippen LogP contribution in [0.3, 0.4) is 0 Å². The molecule has 0 aliphatic carbocycles. The molecule has 2 rings (SSSR count). The molecule has 3 nitrogen and oxygen atoms in total. The van der Waals surface area contributed by atoms with E-state index < -0.39 is 0 Å². The summed E-state index contributed by atoms with van der Waals surface area (Å²) < 4.78 is 0. The first kappa shape index (κ1) is 10.9. The van der Waals surface area contributed by atoms with Crippen molar-refractivity contribution in [1.29, 1.82) is 0 Å². The van der Waals surface area contributed by atoms with Gasteiger partial charge in [0.15, 0.2) is 0 Å². The molecule has 0 aromatic rings. The molecule has 3 heteroatoms. The summed E-state index contributed by atoms with van der Waals surface area (Å²) in [6, 6.07) is 0.518. The summed E-state index contributed by atoms with van der Waals surface area (Å²) in [6.07, 6.45) is 5.32. The minimum absolute atomic E-state index is 0.395. The van der Waals surface area contributed by atoms with Gasteiger partial charge in [-0.15, -0.1) is 0 Å². The lowest BCUT2D eigenvalue weighted by molar-refractivity contribution is -0.133. The summed E-state index contributed by atoms with van der Waals surface area (Å²) in [6.45, 7) is 5.40. The lowest BCUT2D eigenvalue weighted by atomic mass is 10.0. The second kappa shape index (κ2) is 4.97. The Morgan fingerprint density at radius 2 is 1.93 bits per heavy atom. The quantitative estimate of drug-likeness (QED) is 0.709.